The van der Waals surface area contributed by atoms with E-state index in [0.29, 0.717) is 12.5 Å². The highest BCUT2D eigenvalue weighted by atomic mass is 16.3. The Labute approximate surface area is 70.8 Å². The van der Waals surface area contributed by atoms with Crippen molar-refractivity contribution in [3.05, 3.63) is 0 Å². The Morgan fingerprint density at radius 2 is 1.73 bits per heavy atom. The first-order valence-electron chi connectivity index (χ1n) is 4.81. The molecule has 1 N–H and O–H groups in total. The summed E-state index contributed by atoms with van der Waals surface area (Å²) in [6.07, 6.45) is 4.83. The second-order valence-corrected chi connectivity index (χ2v) is 3.81. The van der Waals surface area contributed by atoms with Crippen LogP contribution < -0.4 is 0 Å². The monoisotopic (exact) mass is 158 g/mol. The van der Waals surface area contributed by atoms with Crippen LogP contribution in [0.25, 0.3) is 0 Å². The Kier molecular flexibility index (Phi) is 6.63. The minimum Gasteiger partial charge on any atom is -0.396 e. The van der Waals surface area contributed by atoms with Crippen molar-refractivity contribution in [2.45, 2.75) is 46.5 Å². The standard InChI is InChI=1S/C10H22O/c1-4-5-10(8-11)7-6-9(2)3/h9-11H,4-8H2,1-3H3/t10-/m0/s1. The highest BCUT2D eigenvalue weighted by Crippen LogP contribution is 2.16. The molecule has 0 saturated heterocycles. The van der Waals surface area contributed by atoms with E-state index in [4.69, 9.17) is 5.11 Å². The van der Waals surface area contributed by atoms with E-state index in [2.05, 4.69) is 20.8 Å². The minimum absolute atomic E-state index is 0.376. The smallest absolute Gasteiger partial charge is 0.0459 e. The number of aliphatic hydroxyl groups excluding tert-OH is 1. The third-order valence-electron chi connectivity index (χ3n) is 2.11. The van der Waals surface area contributed by atoms with Crippen LogP contribution in [0.5, 0.6) is 0 Å². The summed E-state index contributed by atoms with van der Waals surface area (Å²) in [5, 5.41) is 8.97. The van der Waals surface area contributed by atoms with Crippen LogP contribution in [0.15, 0.2) is 0 Å². The van der Waals surface area contributed by atoms with Gasteiger partial charge in [-0.15, -0.1) is 0 Å². The van der Waals surface area contributed by atoms with E-state index >= 15 is 0 Å². The van der Waals surface area contributed by atoms with Gasteiger partial charge in [-0.1, -0.05) is 33.6 Å². The molecule has 0 unspecified atom stereocenters. The van der Waals surface area contributed by atoms with Crippen molar-refractivity contribution in [3.63, 3.8) is 0 Å². The summed E-state index contributed by atoms with van der Waals surface area (Å²) >= 11 is 0. The predicted molar refractivity (Wildman–Crippen MR) is 49.6 cm³/mol. The van der Waals surface area contributed by atoms with E-state index in [9.17, 15) is 0 Å². The SMILES string of the molecule is CCC[C@H](CO)CCC(C)C. The van der Waals surface area contributed by atoms with Gasteiger partial charge in [-0.2, -0.15) is 0 Å². The Balaban J connectivity index is 3.35. The topological polar surface area (TPSA) is 20.2 Å². The van der Waals surface area contributed by atoms with Crippen molar-refractivity contribution >= 4 is 0 Å². The summed E-state index contributed by atoms with van der Waals surface area (Å²) in [5.41, 5.74) is 0. The lowest BCUT2D eigenvalue weighted by Crippen LogP contribution is -2.06. The molecule has 68 valence electrons. The summed E-state index contributed by atoms with van der Waals surface area (Å²) in [6, 6.07) is 0. The Morgan fingerprint density at radius 3 is 2.09 bits per heavy atom. The third kappa shape index (κ3) is 6.36. The first-order valence-corrected chi connectivity index (χ1v) is 4.81. The zero-order valence-corrected chi connectivity index (χ0v) is 8.14. The van der Waals surface area contributed by atoms with Crippen LogP contribution >= 0.6 is 0 Å². The summed E-state index contributed by atoms with van der Waals surface area (Å²) in [6.45, 7) is 7.03. The maximum absolute atomic E-state index is 8.97. The lowest BCUT2D eigenvalue weighted by molar-refractivity contribution is 0.203. The van der Waals surface area contributed by atoms with Gasteiger partial charge in [0.15, 0.2) is 0 Å². The fourth-order valence-corrected chi connectivity index (χ4v) is 1.30. The molecule has 0 radical (unpaired) electrons. The molecule has 11 heavy (non-hydrogen) atoms. The predicted octanol–water partition coefficient (Wildman–Crippen LogP) is 2.83. The van der Waals surface area contributed by atoms with Gasteiger partial charge >= 0.3 is 0 Å². The number of rotatable bonds is 6. The van der Waals surface area contributed by atoms with Crippen LogP contribution in [0, 0.1) is 11.8 Å². The third-order valence-corrected chi connectivity index (χ3v) is 2.11. The number of aliphatic hydroxyl groups is 1. The van der Waals surface area contributed by atoms with Crippen molar-refractivity contribution in [1.29, 1.82) is 0 Å². The molecule has 1 nitrogen and oxygen atoms in total. The molecule has 1 heteroatoms. The molecule has 0 spiro atoms. The quantitative estimate of drug-likeness (QED) is 0.630. The van der Waals surface area contributed by atoms with Crippen molar-refractivity contribution in [3.8, 4) is 0 Å². The van der Waals surface area contributed by atoms with E-state index in [-0.39, 0.29) is 0 Å². The van der Waals surface area contributed by atoms with Gasteiger partial charge in [0.2, 0.25) is 0 Å². The number of hydrogen-bond donors (Lipinski definition) is 1. The van der Waals surface area contributed by atoms with Crippen molar-refractivity contribution in [2.24, 2.45) is 11.8 Å². The molecule has 0 heterocycles. The maximum atomic E-state index is 8.97. The molecule has 0 amide bonds. The second-order valence-electron chi connectivity index (χ2n) is 3.81. The van der Waals surface area contributed by atoms with Crippen LogP contribution in [0.2, 0.25) is 0 Å². The van der Waals surface area contributed by atoms with Crippen LogP contribution in [-0.4, -0.2) is 11.7 Å². The molecule has 0 aromatic heterocycles. The van der Waals surface area contributed by atoms with Crippen LogP contribution in [0.3, 0.4) is 0 Å². The van der Waals surface area contributed by atoms with E-state index in [1.54, 1.807) is 0 Å². The van der Waals surface area contributed by atoms with Gasteiger partial charge in [0.05, 0.1) is 0 Å². The van der Waals surface area contributed by atoms with Gasteiger partial charge in [-0.3, -0.25) is 0 Å². The molecule has 0 fully saturated rings. The lowest BCUT2D eigenvalue weighted by atomic mass is 9.95. The summed E-state index contributed by atoms with van der Waals surface area (Å²) in [7, 11) is 0. The van der Waals surface area contributed by atoms with Crippen molar-refractivity contribution < 1.29 is 5.11 Å². The zero-order valence-electron chi connectivity index (χ0n) is 8.14. The van der Waals surface area contributed by atoms with Crippen LogP contribution in [-0.2, 0) is 0 Å². The number of hydrogen-bond acceptors (Lipinski definition) is 1. The largest absolute Gasteiger partial charge is 0.396 e. The fraction of sp³-hybridized carbons (Fsp3) is 1.00. The Bertz CT molecular complexity index is 78.9. The first kappa shape index (κ1) is 11.0. The zero-order chi connectivity index (χ0) is 8.69. The van der Waals surface area contributed by atoms with E-state index in [0.717, 1.165) is 5.92 Å². The van der Waals surface area contributed by atoms with Gasteiger partial charge in [0, 0.05) is 6.61 Å². The summed E-state index contributed by atoms with van der Waals surface area (Å²) < 4.78 is 0. The van der Waals surface area contributed by atoms with E-state index in [1.807, 2.05) is 0 Å². The highest BCUT2D eigenvalue weighted by molar-refractivity contribution is 4.58. The first-order chi connectivity index (χ1) is 5.20. The fourth-order valence-electron chi connectivity index (χ4n) is 1.30. The lowest BCUT2D eigenvalue weighted by Gasteiger charge is -2.13. The molecule has 0 aliphatic carbocycles. The molecule has 0 bridgehead atoms. The van der Waals surface area contributed by atoms with Gasteiger partial charge in [-0.25, -0.2) is 0 Å². The minimum atomic E-state index is 0.376. The van der Waals surface area contributed by atoms with Gasteiger partial charge in [-0.05, 0) is 24.7 Å². The second kappa shape index (κ2) is 6.66. The Morgan fingerprint density at radius 1 is 1.09 bits per heavy atom. The molecule has 0 aliphatic heterocycles. The maximum Gasteiger partial charge on any atom is 0.0459 e. The van der Waals surface area contributed by atoms with Crippen LogP contribution in [0.4, 0.5) is 0 Å². The molecule has 0 rings (SSSR count). The summed E-state index contributed by atoms with van der Waals surface area (Å²) in [4.78, 5) is 0. The van der Waals surface area contributed by atoms with Crippen molar-refractivity contribution in [2.75, 3.05) is 6.61 Å². The van der Waals surface area contributed by atoms with Crippen molar-refractivity contribution in [1.82, 2.24) is 0 Å². The molecule has 0 saturated carbocycles. The van der Waals surface area contributed by atoms with Gasteiger partial charge < -0.3 is 5.11 Å². The molecule has 0 aliphatic rings. The molecular weight excluding hydrogens is 136 g/mol. The molecule has 1 atom stereocenters. The highest BCUT2D eigenvalue weighted by Gasteiger charge is 2.06. The van der Waals surface area contributed by atoms with Gasteiger partial charge in [0.25, 0.3) is 0 Å². The van der Waals surface area contributed by atoms with E-state index in [1.165, 1.54) is 25.7 Å². The van der Waals surface area contributed by atoms with E-state index < -0.39 is 0 Å². The van der Waals surface area contributed by atoms with Gasteiger partial charge in [0.1, 0.15) is 0 Å². The Hall–Kier alpha value is -0.0400. The average Bonchev–Trinajstić information content (AvgIpc) is 1.97. The van der Waals surface area contributed by atoms with Crippen LogP contribution in [0.1, 0.15) is 46.5 Å². The summed E-state index contributed by atoms with van der Waals surface area (Å²) in [5.74, 6) is 1.34. The average molecular weight is 158 g/mol. The molecule has 0 aromatic rings. The molecular formula is C10H22O. The molecule has 0 aromatic carbocycles. The normalized spacial score (nSPS) is 13.9.